The van der Waals surface area contributed by atoms with Crippen LogP contribution in [0.3, 0.4) is 0 Å². The molecule has 1 heterocycles. The molecule has 1 rings (SSSR count). The van der Waals surface area contributed by atoms with Gasteiger partial charge in [0.05, 0.1) is 0 Å². The molecule has 0 aliphatic rings. The van der Waals surface area contributed by atoms with Crippen molar-refractivity contribution in [1.29, 1.82) is 0 Å². The van der Waals surface area contributed by atoms with E-state index in [1.807, 2.05) is 19.1 Å². The zero-order valence-corrected chi connectivity index (χ0v) is 8.53. The summed E-state index contributed by atoms with van der Waals surface area (Å²) in [5, 5.41) is 0. The third-order valence-corrected chi connectivity index (χ3v) is 2.19. The Bertz CT molecular complexity index is 325. The lowest BCUT2D eigenvalue weighted by Gasteiger charge is -2.11. The zero-order chi connectivity index (χ0) is 10.4. The van der Waals surface area contributed by atoms with Gasteiger partial charge in [0.2, 0.25) is 0 Å². The first kappa shape index (κ1) is 10.7. The average Bonchev–Trinajstić information content (AvgIpc) is 2.18. The van der Waals surface area contributed by atoms with Gasteiger partial charge in [-0.1, -0.05) is 0 Å². The van der Waals surface area contributed by atoms with Crippen LogP contribution < -0.4 is 5.73 Å². The molecule has 0 fully saturated rings. The quantitative estimate of drug-likeness (QED) is 0.581. The zero-order valence-electron chi connectivity index (χ0n) is 8.53. The van der Waals surface area contributed by atoms with E-state index in [9.17, 15) is 0 Å². The maximum absolute atomic E-state index is 6.01. The number of aromatic nitrogens is 1. The number of hydrogen-bond acceptors (Lipinski definition) is 2. The van der Waals surface area contributed by atoms with Crippen LogP contribution in [0.4, 0.5) is 0 Å². The van der Waals surface area contributed by atoms with E-state index in [0.29, 0.717) is 0 Å². The molecule has 1 aromatic heterocycles. The van der Waals surface area contributed by atoms with Gasteiger partial charge in [-0.15, -0.1) is 12.3 Å². The molecule has 74 valence electrons. The monoisotopic (exact) mass is 188 g/mol. The predicted molar refractivity (Wildman–Crippen MR) is 58.6 cm³/mol. The SMILES string of the molecule is C#CCCCC(N)c1ccnc(C)c1. The molecule has 1 aromatic rings. The molecule has 0 aliphatic heterocycles. The molecule has 0 saturated carbocycles. The van der Waals surface area contributed by atoms with Gasteiger partial charge < -0.3 is 5.73 Å². The van der Waals surface area contributed by atoms with Crippen LogP contribution in [0.1, 0.15) is 36.6 Å². The Labute approximate surface area is 85.5 Å². The molecule has 2 N–H and O–H groups in total. The topological polar surface area (TPSA) is 38.9 Å². The highest BCUT2D eigenvalue weighted by atomic mass is 14.7. The number of terminal acetylenes is 1. The summed E-state index contributed by atoms with van der Waals surface area (Å²) in [6, 6.07) is 4.08. The third-order valence-electron chi connectivity index (χ3n) is 2.19. The number of pyridine rings is 1. The van der Waals surface area contributed by atoms with Crippen molar-refractivity contribution in [2.24, 2.45) is 5.73 Å². The van der Waals surface area contributed by atoms with E-state index in [0.717, 1.165) is 30.5 Å². The van der Waals surface area contributed by atoms with Gasteiger partial charge in [0.1, 0.15) is 0 Å². The van der Waals surface area contributed by atoms with E-state index in [1.165, 1.54) is 0 Å². The molecule has 0 radical (unpaired) electrons. The lowest BCUT2D eigenvalue weighted by Crippen LogP contribution is -2.10. The van der Waals surface area contributed by atoms with Crippen molar-refractivity contribution >= 4 is 0 Å². The number of aryl methyl sites for hydroxylation is 1. The Hall–Kier alpha value is -1.33. The van der Waals surface area contributed by atoms with Gasteiger partial charge in [-0.2, -0.15) is 0 Å². The summed E-state index contributed by atoms with van der Waals surface area (Å²) in [7, 11) is 0. The summed E-state index contributed by atoms with van der Waals surface area (Å²) in [4.78, 5) is 4.13. The van der Waals surface area contributed by atoms with Crippen molar-refractivity contribution in [3.8, 4) is 12.3 Å². The Morgan fingerprint density at radius 1 is 1.64 bits per heavy atom. The molecular formula is C12H16N2. The molecule has 2 heteroatoms. The van der Waals surface area contributed by atoms with Gasteiger partial charge >= 0.3 is 0 Å². The molecule has 0 spiro atoms. The van der Waals surface area contributed by atoms with Gasteiger partial charge in [-0.05, 0) is 37.5 Å². The number of unbranched alkanes of at least 4 members (excludes halogenated alkanes) is 1. The average molecular weight is 188 g/mol. The van der Waals surface area contributed by atoms with E-state index >= 15 is 0 Å². The summed E-state index contributed by atoms with van der Waals surface area (Å²) in [5.74, 6) is 2.62. The normalized spacial score (nSPS) is 12.1. The molecule has 1 atom stereocenters. The van der Waals surface area contributed by atoms with Crippen molar-refractivity contribution < 1.29 is 0 Å². The summed E-state index contributed by atoms with van der Waals surface area (Å²) >= 11 is 0. The minimum Gasteiger partial charge on any atom is -0.324 e. The highest BCUT2D eigenvalue weighted by Crippen LogP contribution is 2.16. The molecule has 14 heavy (non-hydrogen) atoms. The van der Waals surface area contributed by atoms with Crippen molar-refractivity contribution in [2.75, 3.05) is 0 Å². The van der Waals surface area contributed by atoms with Crippen LogP contribution >= 0.6 is 0 Å². The number of nitrogens with two attached hydrogens (primary N) is 1. The lowest BCUT2D eigenvalue weighted by molar-refractivity contribution is 0.620. The fourth-order valence-corrected chi connectivity index (χ4v) is 1.39. The van der Waals surface area contributed by atoms with Crippen LogP contribution in [0, 0.1) is 19.3 Å². The maximum Gasteiger partial charge on any atom is 0.0375 e. The van der Waals surface area contributed by atoms with Gasteiger partial charge in [-0.3, -0.25) is 4.98 Å². The lowest BCUT2D eigenvalue weighted by atomic mass is 10.0. The van der Waals surface area contributed by atoms with E-state index in [1.54, 1.807) is 6.20 Å². The fraction of sp³-hybridized carbons (Fsp3) is 0.417. The molecule has 2 nitrogen and oxygen atoms in total. The van der Waals surface area contributed by atoms with Gasteiger partial charge in [-0.25, -0.2) is 0 Å². The first-order valence-corrected chi connectivity index (χ1v) is 4.85. The molecule has 0 aliphatic carbocycles. The summed E-state index contributed by atoms with van der Waals surface area (Å²) in [6.45, 7) is 1.97. The molecule has 0 aromatic carbocycles. The van der Waals surface area contributed by atoms with Crippen LogP contribution in [-0.4, -0.2) is 4.98 Å². The summed E-state index contributed by atoms with van der Waals surface area (Å²) < 4.78 is 0. The van der Waals surface area contributed by atoms with E-state index in [4.69, 9.17) is 12.2 Å². The van der Waals surface area contributed by atoms with Crippen molar-refractivity contribution in [2.45, 2.75) is 32.2 Å². The predicted octanol–water partition coefficient (Wildman–Crippen LogP) is 2.19. The second-order valence-corrected chi connectivity index (χ2v) is 3.43. The van der Waals surface area contributed by atoms with Crippen molar-refractivity contribution in [3.63, 3.8) is 0 Å². The first-order valence-electron chi connectivity index (χ1n) is 4.85. The van der Waals surface area contributed by atoms with Crippen LogP contribution in [0.25, 0.3) is 0 Å². The molecule has 1 unspecified atom stereocenters. The Morgan fingerprint density at radius 3 is 3.07 bits per heavy atom. The second kappa shape index (κ2) is 5.41. The number of hydrogen-bond donors (Lipinski definition) is 1. The number of nitrogens with zero attached hydrogens (tertiary/aromatic N) is 1. The molecular weight excluding hydrogens is 172 g/mol. The van der Waals surface area contributed by atoms with E-state index in [2.05, 4.69) is 10.9 Å². The first-order chi connectivity index (χ1) is 6.74. The van der Waals surface area contributed by atoms with Crippen molar-refractivity contribution in [3.05, 3.63) is 29.6 Å². The Morgan fingerprint density at radius 2 is 2.43 bits per heavy atom. The maximum atomic E-state index is 6.01. The minimum absolute atomic E-state index is 0.0880. The van der Waals surface area contributed by atoms with Crippen molar-refractivity contribution in [1.82, 2.24) is 4.98 Å². The highest BCUT2D eigenvalue weighted by Gasteiger charge is 2.04. The number of rotatable bonds is 4. The fourth-order valence-electron chi connectivity index (χ4n) is 1.39. The van der Waals surface area contributed by atoms with E-state index in [-0.39, 0.29) is 6.04 Å². The Balaban J connectivity index is 2.52. The molecule has 0 saturated heterocycles. The molecule has 0 bridgehead atoms. The second-order valence-electron chi connectivity index (χ2n) is 3.43. The van der Waals surface area contributed by atoms with Crippen LogP contribution in [0.15, 0.2) is 18.3 Å². The molecule has 0 amide bonds. The van der Waals surface area contributed by atoms with Gasteiger partial charge in [0, 0.05) is 24.4 Å². The van der Waals surface area contributed by atoms with Crippen LogP contribution in [0.2, 0.25) is 0 Å². The van der Waals surface area contributed by atoms with Gasteiger partial charge in [0.25, 0.3) is 0 Å². The summed E-state index contributed by atoms with van der Waals surface area (Å²) in [5.41, 5.74) is 8.17. The smallest absolute Gasteiger partial charge is 0.0375 e. The van der Waals surface area contributed by atoms with Gasteiger partial charge in [0.15, 0.2) is 0 Å². The van der Waals surface area contributed by atoms with Crippen LogP contribution in [-0.2, 0) is 0 Å². The standard InChI is InChI=1S/C12H16N2/c1-3-4-5-6-12(13)11-7-8-14-10(2)9-11/h1,7-9,12H,4-6,13H2,2H3. The van der Waals surface area contributed by atoms with E-state index < -0.39 is 0 Å². The largest absolute Gasteiger partial charge is 0.324 e. The third kappa shape index (κ3) is 3.20. The minimum atomic E-state index is 0.0880. The summed E-state index contributed by atoms with van der Waals surface area (Å²) in [6.07, 6.45) is 9.70. The van der Waals surface area contributed by atoms with Crippen LogP contribution in [0.5, 0.6) is 0 Å². The Kier molecular flexibility index (Phi) is 4.15. The highest BCUT2D eigenvalue weighted by molar-refractivity contribution is 5.18.